The van der Waals surface area contributed by atoms with E-state index in [2.05, 4.69) is 13.0 Å². The van der Waals surface area contributed by atoms with E-state index in [0.29, 0.717) is 5.92 Å². The molecule has 0 saturated heterocycles. The van der Waals surface area contributed by atoms with Gasteiger partial charge in [-0.25, -0.2) is 4.79 Å². The van der Waals surface area contributed by atoms with E-state index in [1.807, 2.05) is 12.1 Å². The number of carboxylic acids is 1. The highest BCUT2D eigenvalue weighted by atomic mass is 16.5. The number of ether oxygens (including phenoxy) is 1. The van der Waals surface area contributed by atoms with Crippen LogP contribution in [0.3, 0.4) is 0 Å². The Morgan fingerprint density at radius 2 is 2.12 bits per heavy atom. The number of hydrogen-bond acceptors (Lipinski definition) is 2. The fourth-order valence-electron chi connectivity index (χ4n) is 2.49. The Morgan fingerprint density at radius 3 is 2.76 bits per heavy atom. The lowest BCUT2D eigenvalue weighted by atomic mass is 9.95. The zero-order valence-corrected chi connectivity index (χ0v) is 10.1. The first-order valence-electron chi connectivity index (χ1n) is 6.12. The monoisotopic (exact) mass is 234 g/mol. The molecule has 0 aliphatic heterocycles. The SMILES string of the molecule is Cc1ccc(OCC(=O)O)c(C2CCCC2)c1. The number of carboxylic acid groups (broad SMARTS) is 1. The standard InChI is InChI=1S/C14H18O3/c1-10-6-7-13(17-9-14(15)16)12(8-10)11-4-2-3-5-11/h6-8,11H,2-5,9H2,1H3,(H,15,16). The molecule has 0 bridgehead atoms. The van der Waals surface area contributed by atoms with Crippen LogP contribution in [0.1, 0.15) is 42.7 Å². The van der Waals surface area contributed by atoms with Crippen LogP contribution < -0.4 is 4.74 Å². The first kappa shape index (κ1) is 12.0. The molecule has 3 heteroatoms. The molecule has 1 aromatic rings. The Kier molecular flexibility index (Phi) is 3.67. The minimum Gasteiger partial charge on any atom is -0.482 e. The predicted molar refractivity (Wildman–Crippen MR) is 65.5 cm³/mol. The van der Waals surface area contributed by atoms with Gasteiger partial charge in [-0.15, -0.1) is 0 Å². The van der Waals surface area contributed by atoms with E-state index in [0.717, 1.165) is 5.75 Å². The number of benzene rings is 1. The highest BCUT2D eigenvalue weighted by molar-refractivity contribution is 5.68. The van der Waals surface area contributed by atoms with E-state index in [1.54, 1.807) is 0 Å². The van der Waals surface area contributed by atoms with Crippen LogP contribution >= 0.6 is 0 Å². The zero-order chi connectivity index (χ0) is 12.3. The first-order chi connectivity index (χ1) is 8.16. The van der Waals surface area contributed by atoms with Crippen molar-refractivity contribution in [1.29, 1.82) is 0 Å². The Labute approximate surface area is 101 Å². The zero-order valence-electron chi connectivity index (χ0n) is 10.1. The van der Waals surface area contributed by atoms with Crippen molar-refractivity contribution in [2.24, 2.45) is 0 Å². The van der Waals surface area contributed by atoms with Crippen molar-refractivity contribution in [3.63, 3.8) is 0 Å². The maximum Gasteiger partial charge on any atom is 0.341 e. The number of aryl methyl sites for hydroxylation is 1. The van der Waals surface area contributed by atoms with Crippen LogP contribution in [-0.2, 0) is 4.79 Å². The minimum absolute atomic E-state index is 0.261. The fraction of sp³-hybridized carbons (Fsp3) is 0.500. The summed E-state index contributed by atoms with van der Waals surface area (Å²) in [4.78, 5) is 10.5. The van der Waals surface area contributed by atoms with Gasteiger partial charge in [0.15, 0.2) is 6.61 Å². The molecule has 0 aromatic heterocycles. The third kappa shape index (κ3) is 2.99. The molecular formula is C14H18O3. The van der Waals surface area contributed by atoms with Gasteiger partial charge < -0.3 is 9.84 Å². The van der Waals surface area contributed by atoms with Crippen molar-refractivity contribution in [3.05, 3.63) is 29.3 Å². The quantitative estimate of drug-likeness (QED) is 0.870. The van der Waals surface area contributed by atoms with E-state index >= 15 is 0 Å². The molecule has 0 amide bonds. The molecule has 3 nitrogen and oxygen atoms in total. The lowest BCUT2D eigenvalue weighted by Crippen LogP contribution is -2.11. The van der Waals surface area contributed by atoms with Gasteiger partial charge in [0, 0.05) is 0 Å². The molecule has 0 heterocycles. The van der Waals surface area contributed by atoms with Crippen LogP contribution in [0.4, 0.5) is 0 Å². The van der Waals surface area contributed by atoms with Gasteiger partial charge in [-0.05, 0) is 37.3 Å². The van der Waals surface area contributed by atoms with Gasteiger partial charge >= 0.3 is 5.97 Å². The van der Waals surface area contributed by atoms with Gasteiger partial charge in [-0.2, -0.15) is 0 Å². The normalized spacial score (nSPS) is 16.1. The van der Waals surface area contributed by atoms with Crippen LogP contribution in [-0.4, -0.2) is 17.7 Å². The van der Waals surface area contributed by atoms with Crippen LogP contribution in [0.15, 0.2) is 18.2 Å². The number of aliphatic carboxylic acids is 1. The molecule has 1 saturated carbocycles. The van der Waals surface area contributed by atoms with Crippen LogP contribution in [0, 0.1) is 6.92 Å². The van der Waals surface area contributed by atoms with Crippen LogP contribution in [0.2, 0.25) is 0 Å². The second-order valence-electron chi connectivity index (χ2n) is 4.71. The van der Waals surface area contributed by atoms with Crippen LogP contribution in [0.5, 0.6) is 5.75 Å². The molecule has 1 aromatic carbocycles. The highest BCUT2D eigenvalue weighted by Gasteiger charge is 2.21. The molecule has 2 rings (SSSR count). The highest BCUT2D eigenvalue weighted by Crippen LogP contribution is 2.39. The second-order valence-corrected chi connectivity index (χ2v) is 4.71. The molecule has 17 heavy (non-hydrogen) atoms. The summed E-state index contributed by atoms with van der Waals surface area (Å²) in [6.45, 7) is 1.79. The summed E-state index contributed by atoms with van der Waals surface area (Å²) < 4.78 is 5.37. The third-order valence-corrected chi connectivity index (χ3v) is 3.31. The van der Waals surface area contributed by atoms with Gasteiger partial charge in [0.1, 0.15) is 5.75 Å². The Morgan fingerprint density at radius 1 is 1.41 bits per heavy atom. The summed E-state index contributed by atoms with van der Waals surface area (Å²) in [5, 5.41) is 8.66. The Balaban J connectivity index is 2.20. The average molecular weight is 234 g/mol. The van der Waals surface area contributed by atoms with Crippen LogP contribution in [0.25, 0.3) is 0 Å². The number of rotatable bonds is 4. The second kappa shape index (κ2) is 5.21. The van der Waals surface area contributed by atoms with Crippen molar-refractivity contribution < 1.29 is 14.6 Å². The van der Waals surface area contributed by atoms with Crippen molar-refractivity contribution in [3.8, 4) is 5.75 Å². The van der Waals surface area contributed by atoms with Crippen molar-refractivity contribution in [2.45, 2.75) is 38.5 Å². The average Bonchev–Trinajstić information content (AvgIpc) is 2.80. The lowest BCUT2D eigenvalue weighted by molar-refractivity contribution is -0.139. The fourth-order valence-corrected chi connectivity index (χ4v) is 2.49. The molecule has 1 fully saturated rings. The summed E-state index contributed by atoms with van der Waals surface area (Å²) in [7, 11) is 0. The molecule has 1 aliphatic rings. The molecule has 0 radical (unpaired) electrons. The van der Waals surface area contributed by atoms with Gasteiger partial charge in [-0.3, -0.25) is 0 Å². The topological polar surface area (TPSA) is 46.5 Å². The molecular weight excluding hydrogens is 216 g/mol. The number of hydrogen-bond donors (Lipinski definition) is 1. The molecule has 0 unspecified atom stereocenters. The van der Waals surface area contributed by atoms with Gasteiger partial charge in [0.05, 0.1) is 0 Å². The van der Waals surface area contributed by atoms with E-state index in [1.165, 1.54) is 36.8 Å². The summed E-state index contributed by atoms with van der Waals surface area (Å²) >= 11 is 0. The molecule has 1 aliphatic carbocycles. The Hall–Kier alpha value is -1.51. The van der Waals surface area contributed by atoms with E-state index in [4.69, 9.17) is 9.84 Å². The maximum absolute atomic E-state index is 10.5. The smallest absolute Gasteiger partial charge is 0.341 e. The molecule has 92 valence electrons. The van der Waals surface area contributed by atoms with E-state index < -0.39 is 5.97 Å². The summed E-state index contributed by atoms with van der Waals surface area (Å²) in [5.41, 5.74) is 2.39. The summed E-state index contributed by atoms with van der Waals surface area (Å²) in [6.07, 6.45) is 4.90. The minimum atomic E-state index is -0.928. The van der Waals surface area contributed by atoms with Crippen molar-refractivity contribution in [1.82, 2.24) is 0 Å². The predicted octanol–water partition coefficient (Wildman–Crippen LogP) is 3.12. The summed E-state index contributed by atoms with van der Waals surface area (Å²) in [6, 6.07) is 5.99. The molecule has 0 atom stereocenters. The number of carbonyl (C=O) groups is 1. The lowest BCUT2D eigenvalue weighted by Gasteiger charge is -2.16. The van der Waals surface area contributed by atoms with E-state index in [-0.39, 0.29) is 6.61 Å². The molecule has 0 spiro atoms. The van der Waals surface area contributed by atoms with Gasteiger partial charge in [0.25, 0.3) is 0 Å². The Bertz CT molecular complexity index is 406. The van der Waals surface area contributed by atoms with E-state index in [9.17, 15) is 4.79 Å². The summed E-state index contributed by atoms with van der Waals surface area (Å²) in [5.74, 6) is 0.353. The maximum atomic E-state index is 10.5. The van der Waals surface area contributed by atoms with Crippen molar-refractivity contribution >= 4 is 5.97 Å². The van der Waals surface area contributed by atoms with Gasteiger partial charge in [0.2, 0.25) is 0 Å². The first-order valence-corrected chi connectivity index (χ1v) is 6.12. The van der Waals surface area contributed by atoms with Gasteiger partial charge in [-0.1, -0.05) is 30.5 Å². The largest absolute Gasteiger partial charge is 0.482 e. The van der Waals surface area contributed by atoms with Crippen molar-refractivity contribution in [2.75, 3.05) is 6.61 Å². The molecule has 1 N–H and O–H groups in total. The third-order valence-electron chi connectivity index (χ3n) is 3.31.